The van der Waals surface area contributed by atoms with Crippen LogP contribution in [-0.2, 0) is 27.4 Å². The van der Waals surface area contributed by atoms with Gasteiger partial charge in [0.25, 0.3) is 5.91 Å². The lowest BCUT2D eigenvalue weighted by Crippen LogP contribution is -2.33. The summed E-state index contributed by atoms with van der Waals surface area (Å²) >= 11 is 5.87. The maximum absolute atomic E-state index is 11.7. The molecule has 0 bridgehead atoms. The van der Waals surface area contributed by atoms with Crippen molar-refractivity contribution in [1.82, 2.24) is 10.0 Å². The lowest BCUT2D eigenvalue weighted by Gasteiger charge is -2.08. The monoisotopic (exact) mass is 433 g/mol. The molecule has 0 unspecified atom stereocenters. The zero-order valence-corrected chi connectivity index (χ0v) is 15.5. The molecule has 11 heteroatoms. The summed E-state index contributed by atoms with van der Waals surface area (Å²) in [6, 6.07) is 1.85. The van der Waals surface area contributed by atoms with Gasteiger partial charge in [-0.25, -0.2) is 9.78 Å². The number of amides is 3. The van der Waals surface area contributed by atoms with Crippen molar-refractivity contribution in [3.8, 4) is 0 Å². The van der Waals surface area contributed by atoms with Crippen molar-refractivity contribution in [2.75, 3.05) is 5.32 Å². The molecule has 0 saturated heterocycles. The minimum atomic E-state index is -0.801. The molecule has 128 valence electrons. The van der Waals surface area contributed by atoms with Crippen molar-refractivity contribution in [3.05, 3.63) is 31.9 Å². The number of thiazole rings is 1. The molecule has 0 aliphatic carbocycles. The summed E-state index contributed by atoms with van der Waals surface area (Å²) in [6.07, 6.45) is -0.925. The lowest BCUT2D eigenvalue weighted by molar-refractivity contribution is -0.176. The van der Waals surface area contributed by atoms with E-state index < -0.39 is 17.9 Å². The average Bonchev–Trinajstić information content (AvgIpc) is 3.13. The molecule has 0 aromatic carbocycles. The van der Waals surface area contributed by atoms with E-state index in [4.69, 9.17) is 4.74 Å². The summed E-state index contributed by atoms with van der Waals surface area (Å²) in [4.78, 5) is 39.0. The molecule has 2 aromatic rings. The van der Waals surface area contributed by atoms with Gasteiger partial charge in [-0.3, -0.25) is 20.1 Å². The summed E-state index contributed by atoms with van der Waals surface area (Å²) in [5, 5.41) is 15.4. The van der Waals surface area contributed by atoms with Crippen molar-refractivity contribution in [2.45, 2.75) is 20.0 Å². The number of imide groups is 1. The fraction of sp³-hybridized carbons (Fsp3) is 0.231. The van der Waals surface area contributed by atoms with E-state index in [1.54, 1.807) is 0 Å². The molecule has 0 atom stereocenters. The first-order valence-electron chi connectivity index (χ1n) is 6.48. The predicted molar refractivity (Wildman–Crippen MR) is 91.0 cm³/mol. The van der Waals surface area contributed by atoms with Gasteiger partial charge < -0.3 is 4.74 Å². The van der Waals surface area contributed by atoms with Gasteiger partial charge in [0.2, 0.25) is 5.91 Å². The molecule has 2 N–H and O–H groups in total. The van der Waals surface area contributed by atoms with Crippen LogP contribution in [0.25, 0.3) is 0 Å². The van der Waals surface area contributed by atoms with Crippen LogP contribution in [0.15, 0.2) is 21.3 Å². The molecular weight excluding hydrogens is 422 g/mol. The number of hydrogen-bond acceptors (Lipinski definition) is 8. The number of hydroxylamine groups is 2. The third-order valence-electron chi connectivity index (χ3n) is 2.59. The molecule has 2 aromatic heterocycles. The van der Waals surface area contributed by atoms with Crippen LogP contribution in [0.1, 0.15) is 17.5 Å². The van der Waals surface area contributed by atoms with Crippen LogP contribution < -0.4 is 5.32 Å². The maximum Gasteiger partial charge on any atom is 0.413 e. The number of anilines is 1. The molecule has 24 heavy (non-hydrogen) atoms. The van der Waals surface area contributed by atoms with Crippen LogP contribution in [0, 0.1) is 0 Å². The van der Waals surface area contributed by atoms with Crippen LogP contribution in [0.3, 0.4) is 0 Å². The van der Waals surface area contributed by atoms with Crippen LogP contribution in [0.2, 0.25) is 0 Å². The van der Waals surface area contributed by atoms with Gasteiger partial charge in [0.1, 0.15) is 6.61 Å². The van der Waals surface area contributed by atoms with Crippen LogP contribution >= 0.6 is 38.6 Å². The highest BCUT2D eigenvalue weighted by Crippen LogP contribution is 2.21. The lowest BCUT2D eigenvalue weighted by atomic mass is 10.3. The van der Waals surface area contributed by atoms with Gasteiger partial charge in [-0.05, 0) is 22.0 Å². The Bertz CT molecular complexity index is 760. The standard InChI is InChI=1S/C13H12BrN3O5S2/c1-7(18)17(21)11(19)3-9-6-24-12(15-9)16-13(20)22-4-10-2-8(14)5-23-10/h2,5-6,21H,3-4H2,1H3,(H,15,16,20). The summed E-state index contributed by atoms with van der Waals surface area (Å²) in [5.41, 5.74) is 0.322. The highest BCUT2D eigenvalue weighted by molar-refractivity contribution is 9.10. The van der Waals surface area contributed by atoms with Gasteiger partial charge in [0.15, 0.2) is 5.13 Å². The van der Waals surface area contributed by atoms with Crippen LogP contribution in [0.4, 0.5) is 9.93 Å². The molecule has 3 amide bonds. The largest absolute Gasteiger partial charge is 0.444 e. The Hall–Kier alpha value is -1.82. The van der Waals surface area contributed by atoms with Crippen molar-refractivity contribution < 1.29 is 24.3 Å². The fourth-order valence-electron chi connectivity index (χ4n) is 1.54. The number of ether oxygens (including phenoxy) is 1. The average molecular weight is 434 g/mol. The van der Waals surface area contributed by atoms with Gasteiger partial charge in [0, 0.05) is 27.0 Å². The Balaban J connectivity index is 1.83. The van der Waals surface area contributed by atoms with E-state index in [-0.39, 0.29) is 23.2 Å². The Morgan fingerprint density at radius 2 is 2.12 bits per heavy atom. The van der Waals surface area contributed by atoms with Gasteiger partial charge in [0.05, 0.1) is 12.1 Å². The second-order valence-corrected chi connectivity index (χ2v) is 7.25. The Labute approximate surface area is 153 Å². The smallest absolute Gasteiger partial charge is 0.413 e. The molecule has 8 nitrogen and oxygen atoms in total. The number of thiophene rings is 1. The van der Waals surface area contributed by atoms with Crippen molar-refractivity contribution in [1.29, 1.82) is 0 Å². The number of aromatic nitrogens is 1. The van der Waals surface area contributed by atoms with Crippen LogP contribution in [0.5, 0.6) is 0 Å². The number of nitrogens with zero attached hydrogens (tertiary/aromatic N) is 2. The molecule has 0 aliphatic rings. The van der Waals surface area contributed by atoms with Gasteiger partial charge in [-0.15, -0.1) is 22.7 Å². The number of hydrogen-bond donors (Lipinski definition) is 2. The Morgan fingerprint density at radius 3 is 2.75 bits per heavy atom. The highest BCUT2D eigenvalue weighted by Gasteiger charge is 2.17. The topological polar surface area (TPSA) is 109 Å². The van der Waals surface area contributed by atoms with Gasteiger partial charge in [-0.1, -0.05) is 0 Å². The second-order valence-electron chi connectivity index (χ2n) is 4.48. The third-order valence-corrected chi connectivity index (χ3v) is 5.07. The summed E-state index contributed by atoms with van der Waals surface area (Å²) in [5.74, 6) is -1.58. The zero-order chi connectivity index (χ0) is 17.7. The first kappa shape index (κ1) is 18.5. The van der Waals surface area contributed by atoms with Crippen molar-refractivity contribution in [3.63, 3.8) is 0 Å². The van der Waals surface area contributed by atoms with Crippen molar-refractivity contribution in [2.24, 2.45) is 0 Å². The van der Waals surface area contributed by atoms with Gasteiger partial charge in [-0.2, -0.15) is 5.06 Å². The van der Waals surface area contributed by atoms with E-state index in [2.05, 4.69) is 26.2 Å². The third kappa shape index (κ3) is 5.37. The zero-order valence-electron chi connectivity index (χ0n) is 12.3. The number of nitrogens with one attached hydrogen (secondary N) is 1. The van der Waals surface area contributed by atoms with Crippen molar-refractivity contribution >= 4 is 61.6 Å². The molecule has 0 spiro atoms. The van der Waals surface area contributed by atoms with Crippen LogP contribution in [-0.4, -0.2) is 33.2 Å². The number of halogens is 1. The summed E-state index contributed by atoms with van der Waals surface area (Å²) < 4.78 is 5.97. The first-order valence-corrected chi connectivity index (χ1v) is 9.04. The number of rotatable bonds is 5. The molecule has 0 radical (unpaired) electrons. The Kier molecular flexibility index (Phi) is 6.43. The normalized spacial score (nSPS) is 10.3. The molecule has 0 aliphatic heterocycles. The van der Waals surface area contributed by atoms with E-state index in [1.165, 1.54) is 16.7 Å². The molecule has 2 rings (SSSR count). The minimum absolute atomic E-state index is 0.0276. The minimum Gasteiger partial charge on any atom is -0.444 e. The Morgan fingerprint density at radius 1 is 1.38 bits per heavy atom. The highest BCUT2D eigenvalue weighted by atomic mass is 79.9. The molecule has 0 saturated carbocycles. The van der Waals surface area contributed by atoms with E-state index in [9.17, 15) is 19.6 Å². The summed E-state index contributed by atoms with van der Waals surface area (Å²) in [7, 11) is 0. The van der Waals surface area contributed by atoms with E-state index >= 15 is 0 Å². The second kappa shape index (κ2) is 8.33. The SMILES string of the molecule is CC(=O)N(O)C(=O)Cc1csc(NC(=O)OCc2cc(Br)cs2)n1. The fourth-order valence-corrected chi connectivity index (χ4v) is 3.60. The quantitative estimate of drug-likeness (QED) is 0.553. The summed E-state index contributed by atoms with van der Waals surface area (Å²) in [6.45, 7) is 1.20. The number of carbonyl (C=O) groups excluding carboxylic acids is 3. The first-order chi connectivity index (χ1) is 11.3. The maximum atomic E-state index is 11.7. The van der Waals surface area contributed by atoms with E-state index in [0.717, 1.165) is 27.6 Å². The number of carbonyl (C=O) groups is 3. The molecule has 2 heterocycles. The van der Waals surface area contributed by atoms with E-state index in [1.807, 2.05) is 11.4 Å². The predicted octanol–water partition coefficient (Wildman–Crippen LogP) is 3.02. The van der Waals surface area contributed by atoms with E-state index in [0.29, 0.717) is 5.69 Å². The molecule has 0 fully saturated rings. The van der Waals surface area contributed by atoms with Gasteiger partial charge >= 0.3 is 6.09 Å². The molecular formula is C13H12BrN3O5S2.